The van der Waals surface area contributed by atoms with Gasteiger partial charge in [0.25, 0.3) is 0 Å². The molecule has 0 bridgehead atoms. The number of alkyl halides is 1. The molecule has 4 heteroatoms. The number of rotatable bonds is 3. The monoisotopic (exact) mass is 270 g/mol. The van der Waals surface area contributed by atoms with E-state index in [0.29, 0.717) is 10.9 Å². The van der Waals surface area contributed by atoms with Gasteiger partial charge in [-0.25, -0.2) is 4.79 Å². The summed E-state index contributed by atoms with van der Waals surface area (Å²) in [5.74, 6) is -0.550. The molecule has 0 atom stereocenters. The lowest BCUT2D eigenvalue weighted by atomic mass is 10.0. The molecule has 0 amide bonds. The molecule has 0 aliphatic heterocycles. The van der Waals surface area contributed by atoms with Crippen LogP contribution in [0.2, 0.25) is 0 Å². The number of benzene rings is 1. The zero-order valence-electron chi connectivity index (χ0n) is 8.24. The third-order valence-electron chi connectivity index (χ3n) is 1.99. The van der Waals surface area contributed by atoms with Crippen LogP contribution >= 0.6 is 15.9 Å². The van der Waals surface area contributed by atoms with Crippen LogP contribution in [0.3, 0.4) is 0 Å². The summed E-state index contributed by atoms with van der Waals surface area (Å²) in [6.45, 7) is 0. The molecule has 0 heterocycles. The lowest BCUT2D eigenvalue weighted by Gasteiger charge is -2.08. The van der Waals surface area contributed by atoms with Crippen LogP contribution in [0, 0.1) is 0 Å². The first-order chi connectivity index (χ1) is 7.24. The van der Waals surface area contributed by atoms with Gasteiger partial charge < -0.3 is 9.84 Å². The second-order valence-electron chi connectivity index (χ2n) is 2.83. The summed E-state index contributed by atoms with van der Waals surface area (Å²) in [6, 6.07) is 7.30. The van der Waals surface area contributed by atoms with Crippen molar-refractivity contribution in [2.45, 2.75) is 5.33 Å². The number of aliphatic hydroxyl groups is 1. The highest BCUT2D eigenvalue weighted by Crippen LogP contribution is 2.21. The number of carbonyl (C=O) groups is 1. The SMILES string of the molecule is COC(=O)/C(=C\O)c1ccccc1CBr. The van der Waals surface area contributed by atoms with Crippen LogP contribution in [0.25, 0.3) is 5.57 Å². The minimum atomic E-state index is -0.550. The van der Waals surface area contributed by atoms with Crippen LogP contribution in [0.1, 0.15) is 11.1 Å². The maximum Gasteiger partial charge on any atom is 0.341 e. The fourth-order valence-corrected chi connectivity index (χ4v) is 1.73. The first-order valence-electron chi connectivity index (χ1n) is 4.31. The standard InChI is InChI=1S/C11H11BrO3/c1-15-11(14)10(7-13)9-5-3-2-4-8(9)6-12/h2-5,7,13H,6H2,1H3/b10-7-. The third-order valence-corrected chi connectivity index (χ3v) is 2.59. The summed E-state index contributed by atoms with van der Waals surface area (Å²) in [5, 5.41) is 9.63. The minimum absolute atomic E-state index is 0.160. The van der Waals surface area contributed by atoms with Crippen molar-refractivity contribution in [1.29, 1.82) is 0 Å². The molecule has 1 aromatic rings. The van der Waals surface area contributed by atoms with Gasteiger partial charge in [0.15, 0.2) is 0 Å². The molecular weight excluding hydrogens is 260 g/mol. The molecule has 0 saturated carbocycles. The molecule has 3 nitrogen and oxygen atoms in total. The number of ether oxygens (including phenoxy) is 1. The van der Waals surface area contributed by atoms with Crippen molar-refractivity contribution in [3.8, 4) is 0 Å². The molecule has 0 fully saturated rings. The average Bonchev–Trinajstić information content (AvgIpc) is 2.30. The lowest BCUT2D eigenvalue weighted by molar-refractivity contribution is -0.133. The maximum absolute atomic E-state index is 11.3. The molecule has 1 rings (SSSR count). The zero-order valence-corrected chi connectivity index (χ0v) is 9.82. The average molecular weight is 271 g/mol. The van der Waals surface area contributed by atoms with Gasteiger partial charge in [-0.15, -0.1) is 0 Å². The first-order valence-corrected chi connectivity index (χ1v) is 5.43. The van der Waals surface area contributed by atoms with E-state index in [-0.39, 0.29) is 5.57 Å². The summed E-state index contributed by atoms with van der Waals surface area (Å²) in [5.41, 5.74) is 1.75. The predicted molar refractivity (Wildman–Crippen MR) is 61.7 cm³/mol. The molecule has 1 aromatic carbocycles. The van der Waals surface area contributed by atoms with E-state index >= 15 is 0 Å². The van der Waals surface area contributed by atoms with E-state index in [1.807, 2.05) is 12.1 Å². The zero-order chi connectivity index (χ0) is 11.3. The van der Waals surface area contributed by atoms with Gasteiger partial charge in [0, 0.05) is 5.33 Å². The van der Waals surface area contributed by atoms with Gasteiger partial charge in [-0.1, -0.05) is 40.2 Å². The van der Waals surface area contributed by atoms with Crippen molar-refractivity contribution in [2.75, 3.05) is 7.11 Å². The van der Waals surface area contributed by atoms with Crippen LogP contribution in [0.4, 0.5) is 0 Å². The summed E-state index contributed by atoms with van der Waals surface area (Å²) >= 11 is 3.32. The van der Waals surface area contributed by atoms with E-state index in [9.17, 15) is 4.79 Å². The van der Waals surface area contributed by atoms with E-state index < -0.39 is 5.97 Å². The molecular formula is C11H11BrO3. The number of methoxy groups -OCH3 is 1. The van der Waals surface area contributed by atoms with Crippen molar-refractivity contribution in [1.82, 2.24) is 0 Å². The topological polar surface area (TPSA) is 46.5 Å². The maximum atomic E-state index is 11.3. The number of hydrogen-bond donors (Lipinski definition) is 1. The van der Waals surface area contributed by atoms with E-state index in [1.54, 1.807) is 12.1 Å². The molecule has 1 N–H and O–H groups in total. The van der Waals surface area contributed by atoms with Crippen molar-refractivity contribution in [3.05, 3.63) is 41.7 Å². The van der Waals surface area contributed by atoms with E-state index in [0.717, 1.165) is 11.8 Å². The van der Waals surface area contributed by atoms with Gasteiger partial charge in [0.05, 0.1) is 13.4 Å². The highest BCUT2D eigenvalue weighted by Gasteiger charge is 2.15. The fraction of sp³-hybridized carbons (Fsp3) is 0.182. The third kappa shape index (κ3) is 2.59. The second kappa shape index (κ2) is 5.56. The van der Waals surface area contributed by atoms with E-state index in [1.165, 1.54) is 7.11 Å². The van der Waals surface area contributed by atoms with Crippen LogP contribution < -0.4 is 0 Å². The Bertz CT molecular complexity index is 385. The fourth-order valence-electron chi connectivity index (χ4n) is 1.24. The molecule has 0 saturated heterocycles. The summed E-state index contributed by atoms with van der Waals surface area (Å²) < 4.78 is 4.57. The molecule has 15 heavy (non-hydrogen) atoms. The smallest absolute Gasteiger partial charge is 0.341 e. The van der Waals surface area contributed by atoms with Crippen LogP contribution in [-0.2, 0) is 14.9 Å². The van der Waals surface area contributed by atoms with Gasteiger partial charge >= 0.3 is 5.97 Å². The van der Waals surface area contributed by atoms with Crippen molar-refractivity contribution in [2.24, 2.45) is 0 Å². The Hall–Kier alpha value is -1.29. The summed E-state index contributed by atoms with van der Waals surface area (Å²) in [6.07, 6.45) is 0.771. The van der Waals surface area contributed by atoms with Gasteiger partial charge in [-0.05, 0) is 11.1 Å². The predicted octanol–water partition coefficient (Wildman–Crippen LogP) is 2.65. The highest BCUT2D eigenvalue weighted by molar-refractivity contribution is 9.08. The second-order valence-corrected chi connectivity index (χ2v) is 3.39. The Morgan fingerprint density at radius 2 is 2.20 bits per heavy atom. The van der Waals surface area contributed by atoms with Crippen LogP contribution in [0.5, 0.6) is 0 Å². The Labute approximate surface area is 96.5 Å². The Morgan fingerprint density at radius 1 is 1.53 bits per heavy atom. The molecule has 80 valence electrons. The van der Waals surface area contributed by atoms with E-state index in [4.69, 9.17) is 5.11 Å². The Kier molecular flexibility index (Phi) is 4.37. The van der Waals surface area contributed by atoms with Crippen molar-refractivity contribution >= 4 is 27.5 Å². The molecule has 0 aromatic heterocycles. The van der Waals surface area contributed by atoms with Gasteiger partial charge in [0.1, 0.15) is 5.57 Å². The first kappa shape index (κ1) is 11.8. The molecule has 0 aliphatic rings. The lowest BCUT2D eigenvalue weighted by Crippen LogP contribution is -2.05. The molecule has 0 radical (unpaired) electrons. The Balaban J connectivity index is 3.18. The van der Waals surface area contributed by atoms with Crippen molar-refractivity contribution < 1.29 is 14.6 Å². The number of esters is 1. The minimum Gasteiger partial charge on any atom is -0.515 e. The Morgan fingerprint density at radius 3 is 2.73 bits per heavy atom. The highest BCUT2D eigenvalue weighted by atomic mass is 79.9. The van der Waals surface area contributed by atoms with Crippen molar-refractivity contribution in [3.63, 3.8) is 0 Å². The summed E-state index contributed by atoms with van der Waals surface area (Å²) in [4.78, 5) is 11.3. The quantitative estimate of drug-likeness (QED) is 0.398. The normalized spacial score (nSPS) is 11.2. The molecule has 0 spiro atoms. The van der Waals surface area contributed by atoms with Gasteiger partial charge in [0.2, 0.25) is 0 Å². The number of aliphatic hydroxyl groups excluding tert-OH is 1. The van der Waals surface area contributed by atoms with Crippen LogP contribution in [-0.4, -0.2) is 18.2 Å². The summed E-state index contributed by atoms with van der Waals surface area (Å²) in [7, 11) is 1.28. The number of halogens is 1. The molecule has 0 unspecified atom stereocenters. The number of hydrogen-bond acceptors (Lipinski definition) is 3. The largest absolute Gasteiger partial charge is 0.515 e. The van der Waals surface area contributed by atoms with Gasteiger partial charge in [-0.3, -0.25) is 0 Å². The molecule has 0 aliphatic carbocycles. The van der Waals surface area contributed by atoms with Gasteiger partial charge in [-0.2, -0.15) is 0 Å². The van der Waals surface area contributed by atoms with Crippen LogP contribution in [0.15, 0.2) is 30.5 Å². The number of carbonyl (C=O) groups excluding carboxylic acids is 1. The van der Waals surface area contributed by atoms with E-state index in [2.05, 4.69) is 20.7 Å².